The van der Waals surface area contributed by atoms with Crippen LogP contribution in [0.4, 0.5) is 26.3 Å². The van der Waals surface area contributed by atoms with E-state index in [-0.39, 0.29) is 6.92 Å². The van der Waals surface area contributed by atoms with Crippen molar-refractivity contribution >= 4 is 11.6 Å². The molecule has 0 saturated heterocycles. The second kappa shape index (κ2) is 3.16. The van der Waals surface area contributed by atoms with Crippen LogP contribution in [-0.2, 0) is 0 Å². The highest BCUT2D eigenvalue weighted by Gasteiger charge is 2.57. The zero-order chi connectivity index (χ0) is 10.2. The standard InChI is InChI=1S/C5H3ClF6/c1-2(3(7)8)4(6,9)5(10,11)12/h1H3. The fourth-order valence-corrected chi connectivity index (χ4v) is 0.403. The van der Waals surface area contributed by atoms with E-state index in [1.165, 1.54) is 0 Å². The lowest BCUT2D eigenvalue weighted by Gasteiger charge is -2.20. The van der Waals surface area contributed by atoms with Crippen LogP contribution in [0.15, 0.2) is 11.7 Å². The van der Waals surface area contributed by atoms with Gasteiger partial charge in [-0.05, 0) is 6.92 Å². The normalized spacial score (nSPS) is 17.0. The van der Waals surface area contributed by atoms with Crippen molar-refractivity contribution < 1.29 is 26.3 Å². The molecule has 0 saturated carbocycles. The predicted molar refractivity (Wildman–Crippen MR) is 30.7 cm³/mol. The first-order valence-electron chi connectivity index (χ1n) is 2.57. The van der Waals surface area contributed by atoms with E-state index in [1.54, 1.807) is 0 Å². The van der Waals surface area contributed by atoms with Gasteiger partial charge in [-0.15, -0.1) is 0 Å². The van der Waals surface area contributed by atoms with Crippen molar-refractivity contribution in [1.82, 2.24) is 0 Å². The van der Waals surface area contributed by atoms with Gasteiger partial charge in [0.1, 0.15) is 0 Å². The van der Waals surface area contributed by atoms with E-state index in [0.717, 1.165) is 0 Å². The smallest absolute Gasteiger partial charge is 0.211 e. The highest BCUT2D eigenvalue weighted by Crippen LogP contribution is 2.44. The Balaban J connectivity index is 5.01. The summed E-state index contributed by atoms with van der Waals surface area (Å²) in [5.74, 6) is 0. The molecule has 7 heteroatoms. The van der Waals surface area contributed by atoms with Gasteiger partial charge in [0.05, 0.1) is 5.57 Å². The summed E-state index contributed by atoms with van der Waals surface area (Å²) in [5.41, 5.74) is -1.84. The molecule has 0 aromatic carbocycles. The fraction of sp³-hybridized carbons (Fsp3) is 0.600. The first-order valence-corrected chi connectivity index (χ1v) is 2.95. The summed E-state index contributed by atoms with van der Waals surface area (Å²) < 4.78 is 70.1. The Kier molecular flexibility index (Phi) is 3.06. The summed E-state index contributed by atoms with van der Waals surface area (Å²) in [6.45, 7) is 0.274. The molecule has 0 amide bonds. The molecule has 0 aliphatic carbocycles. The molecule has 0 aromatic rings. The minimum atomic E-state index is -5.54. The monoisotopic (exact) mass is 212 g/mol. The van der Waals surface area contributed by atoms with Gasteiger partial charge in [0.2, 0.25) is 0 Å². The third kappa shape index (κ3) is 2.06. The van der Waals surface area contributed by atoms with Crippen molar-refractivity contribution in [2.75, 3.05) is 0 Å². The topological polar surface area (TPSA) is 0 Å². The largest absolute Gasteiger partial charge is 0.441 e. The van der Waals surface area contributed by atoms with Gasteiger partial charge in [-0.25, -0.2) is 4.39 Å². The molecule has 0 fully saturated rings. The average Bonchev–Trinajstić information content (AvgIpc) is 1.83. The van der Waals surface area contributed by atoms with Crippen LogP contribution >= 0.6 is 11.6 Å². The van der Waals surface area contributed by atoms with Crippen molar-refractivity contribution in [2.24, 2.45) is 0 Å². The van der Waals surface area contributed by atoms with Crippen LogP contribution in [0.25, 0.3) is 0 Å². The number of halogens is 7. The Morgan fingerprint density at radius 3 is 1.50 bits per heavy atom. The maximum absolute atomic E-state index is 12.3. The summed E-state index contributed by atoms with van der Waals surface area (Å²) in [6, 6.07) is 0. The molecule has 0 N–H and O–H groups in total. The number of allylic oxidation sites excluding steroid dienone is 1. The Hall–Kier alpha value is -0.390. The molecule has 1 unspecified atom stereocenters. The van der Waals surface area contributed by atoms with Gasteiger partial charge >= 0.3 is 11.3 Å². The van der Waals surface area contributed by atoms with Crippen LogP contribution in [0.2, 0.25) is 0 Å². The third-order valence-corrected chi connectivity index (χ3v) is 1.61. The first kappa shape index (κ1) is 11.6. The molecule has 0 bridgehead atoms. The quantitative estimate of drug-likeness (QED) is 0.460. The molecule has 72 valence electrons. The molecule has 0 radical (unpaired) electrons. The van der Waals surface area contributed by atoms with E-state index in [4.69, 9.17) is 0 Å². The highest BCUT2D eigenvalue weighted by atomic mass is 35.5. The molecule has 12 heavy (non-hydrogen) atoms. The Labute approximate surface area is 68.8 Å². The first-order chi connectivity index (χ1) is 5.10. The van der Waals surface area contributed by atoms with Crippen LogP contribution in [0.3, 0.4) is 0 Å². The minimum absolute atomic E-state index is 0.274. The number of alkyl halides is 5. The van der Waals surface area contributed by atoms with Crippen LogP contribution in [0.1, 0.15) is 6.92 Å². The van der Waals surface area contributed by atoms with Gasteiger partial charge in [-0.1, -0.05) is 11.6 Å². The molecule has 0 rings (SSSR count). The second-order valence-electron chi connectivity index (χ2n) is 1.96. The molecular weight excluding hydrogens is 209 g/mol. The zero-order valence-corrected chi connectivity index (χ0v) is 6.40. The van der Waals surface area contributed by atoms with E-state index in [2.05, 4.69) is 11.6 Å². The zero-order valence-electron chi connectivity index (χ0n) is 5.65. The van der Waals surface area contributed by atoms with Crippen LogP contribution in [0, 0.1) is 0 Å². The van der Waals surface area contributed by atoms with Gasteiger partial charge in [0.15, 0.2) is 0 Å². The van der Waals surface area contributed by atoms with E-state index < -0.39 is 23.0 Å². The molecule has 0 spiro atoms. The van der Waals surface area contributed by atoms with Crippen molar-refractivity contribution in [2.45, 2.75) is 18.2 Å². The van der Waals surface area contributed by atoms with Gasteiger partial charge in [0, 0.05) is 0 Å². The molecule has 0 aliphatic rings. The molecular formula is C5H3ClF6. The maximum Gasteiger partial charge on any atom is 0.441 e. The highest BCUT2D eigenvalue weighted by molar-refractivity contribution is 6.25. The SMILES string of the molecule is CC(=C(F)F)C(F)(Cl)C(F)(F)F. The number of rotatable bonds is 1. The van der Waals surface area contributed by atoms with Gasteiger partial charge < -0.3 is 0 Å². The van der Waals surface area contributed by atoms with Gasteiger partial charge in [0.25, 0.3) is 6.08 Å². The van der Waals surface area contributed by atoms with Gasteiger partial charge in [-0.2, -0.15) is 22.0 Å². The Bertz CT molecular complexity index is 198. The molecule has 0 aliphatic heterocycles. The number of hydrogen-bond donors (Lipinski definition) is 0. The summed E-state index contributed by atoms with van der Waals surface area (Å²) in [7, 11) is 0. The average molecular weight is 213 g/mol. The van der Waals surface area contributed by atoms with Crippen molar-refractivity contribution in [3.05, 3.63) is 11.7 Å². The lowest BCUT2D eigenvalue weighted by Crippen LogP contribution is -2.36. The van der Waals surface area contributed by atoms with Crippen molar-refractivity contribution in [3.8, 4) is 0 Å². The lowest BCUT2D eigenvalue weighted by molar-refractivity contribution is -0.186. The third-order valence-electron chi connectivity index (χ3n) is 1.11. The van der Waals surface area contributed by atoms with Crippen LogP contribution in [-0.4, -0.2) is 11.3 Å². The predicted octanol–water partition coefficient (Wildman–Crippen LogP) is 3.62. The second-order valence-corrected chi connectivity index (χ2v) is 2.48. The van der Waals surface area contributed by atoms with Gasteiger partial charge in [-0.3, -0.25) is 0 Å². The number of hydrogen-bond acceptors (Lipinski definition) is 0. The van der Waals surface area contributed by atoms with Crippen LogP contribution < -0.4 is 0 Å². The van der Waals surface area contributed by atoms with Crippen molar-refractivity contribution in [3.63, 3.8) is 0 Å². The molecule has 0 aromatic heterocycles. The summed E-state index contributed by atoms with van der Waals surface area (Å²) >= 11 is 4.23. The fourth-order valence-electron chi connectivity index (χ4n) is 0.331. The summed E-state index contributed by atoms with van der Waals surface area (Å²) in [6.07, 6.45) is -8.31. The van der Waals surface area contributed by atoms with Crippen LogP contribution in [0.5, 0.6) is 0 Å². The molecule has 0 heterocycles. The molecule has 0 nitrogen and oxygen atoms in total. The van der Waals surface area contributed by atoms with Crippen molar-refractivity contribution in [1.29, 1.82) is 0 Å². The summed E-state index contributed by atoms with van der Waals surface area (Å²) in [4.78, 5) is 0. The lowest BCUT2D eigenvalue weighted by atomic mass is 10.2. The molecule has 1 atom stereocenters. The van der Waals surface area contributed by atoms with E-state index in [9.17, 15) is 26.3 Å². The van der Waals surface area contributed by atoms with E-state index >= 15 is 0 Å². The van der Waals surface area contributed by atoms with E-state index in [0.29, 0.717) is 0 Å². The summed E-state index contributed by atoms with van der Waals surface area (Å²) in [5, 5.41) is -4.48. The minimum Gasteiger partial charge on any atom is -0.211 e. The Morgan fingerprint density at radius 1 is 1.08 bits per heavy atom. The Morgan fingerprint density at radius 2 is 1.42 bits per heavy atom. The van der Waals surface area contributed by atoms with E-state index in [1.807, 2.05) is 0 Å². The maximum atomic E-state index is 12.3.